The zero-order chi connectivity index (χ0) is 21.4. The van der Waals surface area contributed by atoms with Crippen molar-refractivity contribution in [2.24, 2.45) is 0 Å². The molecule has 2 aromatic rings. The van der Waals surface area contributed by atoms with Crippen LogP contribution < -0.4 is 10.1 Å². The average Bonchev–Trinajstić information content (AvgIpc) is 2.70. The van der Waals surface area contributed by atoms with Crippen molar-refractivity contribution >= 4 is 11.8 Å². The van der Waals surface area contributed by atoms with Crippen LogP contribution in [0.5, 0.6) is 5.75 Å². The molecule has 0 aliphatic carbocycles. The molecular weight excluding hydrogens is 364 g/mol. The summed E-state index contributed by atoms with van der Waals surface area (Å²) in [7, 11) is 0. The summed E-state index contributed by atoms with van der Waals surface area (Å²) in [6, 6.07) is 13.4. The molecule has 0 heterocycles. The highest BCUT2D eigenvalue weighted by Crippen LogP contribution is 2.20. The molecule has 2 amide bonds. The second kappa shape index (κ2) is 10.6. The third-order valence-corrected chi connectivity index (χ3v) is 4.91. The van der Waals surface area contributed by atoms with Crippen LogP contribution in [-0.4, -0.2) is 35.9 Å². The number of benzene rings is 2. The SMILES string of the molecule is CCNC(=O)[C@@H](CC)N(Cc1ccc(C)cc1)C(=O)COc1cc(C)ccc1C. The lowest BCUT2D eigenvalue weighted by molar-refractivity contribution is -0.142. The van der Waals surface area contributed by atoms with Gasteiger partial charge in [0.1, 0.15) is 11.8 Å². The molecule has 29 heavy (non-hydrogen) atoms. The van der Waals surface area contributed by atoms with Crippen molar-refractivity contribution in [3.8, 4) is 5.75 Å². The standard InChI is InChI=1S/C24H32N2O3/c1-6-21(24(28)25-7-2)26(15-20-12-9-17(3)10-13-20)23(27)16-29-22-14-18(4)8-11-19(22)5/h8-14,21H,6-7,15-16H2,1-5H3,(H,25,28)/t21-/m1/s1. The summed E-state index contributed by atoms with van der Waals surface area (Å²) < 4.78 is 5.83. The number of carbonyl (C=O) groups excluding carboxylic acids is 2. The smallest absolute Gasteiger partial charge is 0.261 e. The maximum absolute atomic E-state index is 13.1. The Bertz CT molecular complexity index is 831. The fourth-order valence-corrected chi connectivity index (χ4v) is 3.19. The Morgan fingerprint density at radius 1 is 1.00 bits per heavy atom. The zero-order valence-electron chi connectivity index (χ0n) is 18.1. The molecule has 0 saturated heterocycles. The molecule has 0 radical (unpaired) electrons. The molecular formula is C24H32N2O3. The Morgan fingerprint density at radius 3 is 2.28 bits per heavy atom. The van der Waals surface area contributed by atoms with E-state index in [9.17, 15) is 9.59 Å². The number of likely N-dealkylation sites (N-methyl/N-ethyl adjacent to an activating group) is 1. The fourth-order valence-electron chi connectivity index (χ4n) is 3.19. The Balaban J connectivity index is 2.21. The molecule has 5 nitrogen and oxygen atoms in total. The van der Waals surface area contributed by atoms with E-state index in [1.165, 1.54) is 0 Å². The molecule has 2 aromatic carbocycles. The molecule has 0 bridgehead atoms. The second-order valence-electron chi connectivity index (χ2n) is 7.38. The Labute approximate surface area is 174 Å². The van der Waals surface area contributed by atoms with Crippen molar-refractivity contribution in [1.82, 2.24) is 10.2 Å². The molecule has 0 aromatic heterocycles. The van der Waals surface area contributed by atoms with Gasteiger partial charge in [0.25, 0.3) is 5.91 Å². The van der Waals surface area contributed by atoms with Gasteiger partial charge in [0.2, 0.25) is 5.91 Å². The maximum atomic E-state index is 13.1. The second-order valence-corrected chi connectivity index (χ2v) is 7.38. The number of ether oxygens (including phenoxy) is 1. The monoisotopic (exact) mass is 396 g/mol. The van der Waals surface area contributed by atoms with Crippen LogP contribution in [0.4, 0.5) is 0 Å². The number of hydrogen-bond acceptors (Lipinski definition) is 3. The first-order chi connectivity index (χ1) is 13.8. The average molecular weight is 397 g/mol. The fraction of sp³-hybridized carbons (Fsp3) is 0.417. The highest BCUT2D eigenvalue weighted by Gasteiger charge is 2.28. The van der Waals surface area contributed by atoms with E-state index in [0.29, 0.717) is 25.3 Å². The van der Waals surface area contributed by atoms with E-state index in [2.05, 4.69) is 5.32 Å². The van der Waals surface area contributed by atoms with Crippen molar-refractivity contribution in [3.63, 3.8) is 0 Å². The lowest BCUT2D eigenvalue weighted by Gasteiger charge is -2.30. The predicted molar refractivity (Wildman–Crippen MR) is 116 cm³/mol. The molecule has 1 atom stereocenters. The van der Waals surface area contributed by atoms with Gasteiger partial charge >= 0.3 is 0 Å². The first-order valence-corrected chi connectivity index (χ1v) is 10.2. The van der Waals surface area contributed by atoms with E-state index in [-0.39, 0.29) is 18.4 Å². The number of hydrogen-bond donors (Lipinski definition) is 1. The Morgan fingerprint density at radius 2 is 1.66 bits per heavy atom. The predicted octanol–water partition coefficient (Wildman–Crippen LogP) is 3.93. The van der Waals surface area contributed by atoms with Crippen LogP contribution in [0.15, 0.2) is 42.5 Å². The van der Waals surface area contributed by atoms with Crippen LogP contribution in [0.3, 0.4) is 0 Å². The lowest BCUT2D eigenvalue weighted by Crippen LogP contribution is -2.50. The van der Waals surface area contributed by atoms with Gasteiger partial charge in [0.05, 0.1) is 0 Å². The van der Waals surface area contributed by atoms with Crippen molar-refractivity contribution in [3.05, 3.63) is 64.7 Å². The van der Waals surface area contributed by atoms with E-state index in [0.717, 1.165) is 22.3 Å². The number of nitrogens with zero attached hydrogens (tertiary/aromatic N) is 1. The molecule has 1 N–H and O–H groups in total. The van der Waals surface area contributed by atoms with Gasteiger partial charge in [0.15, 0.2) is 6.61 Å². The molecule has 156 valence electrons. The van der Waals surface area contributed by atoms with E-state index >= 15 is 0 Å². The van der Waals surface area contributed by atoms with Crippen molar-refractivity contribution in [2.75, 3.05) is 13.2 Å². The normalized spacial score (nSPS) is 11.6. The van der Waals surface area contributed by atoms with Gasteiger partial charge in [0, 0.05) is 13.1 Å². The van der Waals surface area contributed by atoms with E-state index in [1.807, 2.05) is 77.1 Å². The summed E-state index contributed by atoms with van der Waals surface area (Å²) in [5.41, 5.74) is 4.19. The highest BCUT2D eigenvalue weighted by molar-refractivity contribution is 5.88. The van der Waals surface area contributed by atoms with Gasteiger partial charge in [-0.2, -0.15) is 0 Å². The van der Waals surface area contributed by atoms with Crippen LogP contribution in [0, 0.1) is 20.8 Å². The molecule has 0 unspecified atom stereocenters. The molecule has 5 heteroatoms. The molecule has 0 fully saturated rings. The summed E-state index contributed by atoms with van der Waals surface area (Å²) in [4.78, 5) is 27.3. The first kappa shape index (κ1) is 22.5. The number of amides is 2. The van der Waals surface area contributed by atoms with Gasteiger partial charge in [-0.05, 0) is 56.9 Å². The van der Waals surface area contributed by atoms with E-state index in [1.54, 1.807) is 4.90 Å². The summed E-state index contributed by atoms with van der Waals surface area (Å²) >= 11 is 0. The van der Waals surface area contributed by atoms with Crippen LogP contribution in [0.2, 0.25) is 0 Å². The summed E-state index contributed by atoms with van der Waals surface area (Å²) in [5.74, 6) is 0.353. The summed E-state index contributed by atoms with van der Waals surface area (Å²) in [6.07, 6.45) is 0.535. The van der Waals surface area contributed by atoms with E-state index in [4.69, 9.17) is 4.74 Å². The third kappa shape index (κ3) is 6.34. The van der Waals surface area contributed by atoms with Gasteiger partial charge in [-0.3, -0.25) is 9.59 Å². The minimum atomic E-state index is -0.536. The molecule has 2 rings (SSSR count). The van der Waals surface area contributed by atoms with Gasteiger partial charge in [-0.15, -0.1) is 0 Å². The van der Waals surface area contributed by atoms with Crippen molar-refractivity contribution in [1.29, 1.82) is 0 Å². The molecule has 0 saturated carbocycles. The van der Waals surface area contributed by atoms with Gasteiger partial charge < -0.3 is 15.0 Å². The quantitative estimate of drug-likeness (QED) is 0.699. The number of aryl methyl sites for hydroxylation is 3. The third-order valence-electron chi connectivity index (χ3n) is 4.91. The zero-order valence-corrected chi connectivity index (χ0v) is 18.1. The summed E-state index contributed by atoms with van der Waals surface area (Å²) in [6.45, 7) is 10.5. The molecule has 0 aliphatic heterocycles. The number of carbonyl (C=O) groups is 2. The summed E-state index contributed by atoms with van der Waals surface area (Å²) in [5, 5.41) is 2.84. The van der Waals surface area contributed by atoms with Crippen LogP contribution in [-0.2, 0) is 16.1 Å². The van der Waals surface area contributed by atoms with Crippen molar-refractivity contribution in [2.45, 2.75) is 53.6 Å². The number of rotatable bonds is 9. The number of nitrogens with one attached hydrogen (secondary N) is 1. The molecule has 0 spiro atoms. The van der Waals surface area contributed by atoms with Crippen LogP contribution in [0.1, 0.15) is 42.5 Å². The minimum Gasteiger partial charge on any atom is -0.483 e. The van der Waals surface area contributed by atoms with Crippen LogP contribution >= 0.6 is 0 Å². The lowest BCUT2D eigenvalue weighted by atomic mass is 10.1. The Hall–Kier alpha value is -2.82. The van der Waals surface area contributed by atoms with Gasteiger partial charge in [-0.1, -0.05) is 48.9 Å². The highest BCUT2D eigenvalue weighted by atomic mass is 16.5. The largest absolute Gasteiger partial charge is 0.483 e. The Kier molecular flexibility index (Phi) is 8.25. The minimum absolute atomic E-state index is 0.105. The van der Waals surface area contributed by atoms with Gasteiger partial charge in [-0.25, -0.2) is 0 Å². The molecule has 0 aliphatic rings. The topological polar surface area (TPSA) is 58.6 Å². The maximum Gasteiger partial charge on any atom is 0.261 e. The first-order valence-electron chi connectivity index (χ1n) is 10.2. The van der Waals surface area contributed by atoms with Crippen LogP contribution in [0.25, 0.3) is 0 Å². The van der Waals surface area contributed by atoms with E-state index < -0.39 is 6.04 Å². The van der Waals surface area contributed by atoms with Crippen molar-refractivity contribution < 1.29 is 14.3 Å².